The smallest absolute Gasteiger partial charge is 0.0307 e. The van der Waals surface area contributed by atoms with Crippen molar-refractivity contribution in [2.24, 2.45) is 11.1 Å². The van der Waals surface area contributed by atoms with E-state index in [4.69, 9.17) is 5.73 Å². The zero-order valence-electron chi connectivity index (χ0n) is 14.3. The minimum atomic E-state index is 0.168. The number of benzene rings is 1. The summed E-state index contributed by atoms with van der Waals surface area (Å²) >= 11 is 0. The second kappa shape index (κ2) is 6.93. The van der Waals surface area contributed by atoms with Crippen molar-refractivity contribution in [1.82, 2.24) is 4.90 Å². The highest BCUT2D eigenvalue weighted by Gasteiger charge is 2.34. The van der Waals surface area contributed by atoms with Crippen LogP contribution in [0.25, 0.3) is 0 Å². The van der Waals surface area contributed by atoms with Crippen molar-refractivity contribution in [2.45, 2.75) is 59.4 Å². The van der Waals surface area contributed by atoms with Gasteiger partial charge in [-0.15, -0.1) is 0 Å². The summed E-state index contributed by atoms with van der Waals surface area (Å²) in [5.41, 5.74) is 10.9. The molecule has 0 radical (unpaired) electrons. The van der Waals surface area contributed by atoms with E-state index < -0.39 is 0 Å². The second-order valence-electron chi connectivity index (χ2n) is 7.05. The van der Waals surface area contributed by atoms with Crippen LogP contribution in [0.1, 0.15) is 62.3 Å². The Hall–Kier alpha value is -0.860. The summed E-state index contributed by atoms with van der Waals surface area (Å²) in [6.45, 7) is 12.6. The molecule has 1 aliphatic rings. The lowest BCUT2D eigenvalue weighted by atomic mass is 9.82. The van der Waals surface area contributed by atoms with E-state index in [0.717, 1.165) is 13.0 Å². The van der Waals surface area contributed by atoms with Gasteiger partial charge in [0.05, 0.1) is 0 Å². The van der Waals surface area contributed by atoms with Crippen molar-refractivity contribution in [2.75, 3.05) is 19.6 Å². The molecule has 0 bridgehead atoms. The van der Waals surface area contributed by atoms with Crippen molar-refractivity contribution in [3.05, 3.63) is 34.9 Å². The maximum absolute atomic E-state index is 6.42. The van der Waals surface area contributed by atoms with Gasteiger partial charge in [0, 0.05) is 12.6 Å². The molecule has 2 rings (SSSR count). The van der Waals surface area contributed by atoms with Gasteiger partial charge in [-0.25, -0.2) is 0 Å². The molecule has 1 aromatic carbocycles. The molecule has 0 spiro atoms. The van der Waals surface area contributed by atoms with Gasteiger partial charge in [0.25, 0.3) is 0 Å². The first-order valence-corrected chi connectivity index (χ1v) is 8.54. The predicted molar refractivity (Wildman–Crippen MR) is 91.5 cm³/mol. The van der Waals surface area contributed by atoms with Crippen LogP contribution in [0, 0.1) is 19.3 Å². The highest BCUT2D eigenvalue weighted by Crippen LogP contribution is 2.37. The molecule has 1 atom stereocenters. The van der Waals surface area contributed by atoms with Gasteiger partial charge in [0.1, 0.15) is 0 Å². The highest BCUT2D eigenvalue weighted by atomic mass is 15.2. The normalized spacial score (nSPS) is 19.9. The molecule has 21 heavy (non-hydrogen) atoms. The first-order valence-electron chi connectivity index (χ1n) is 8.54. The van der Waals surface area contributed by atoms with Crippen molar-refractivity contribution in [3.8, 4) is 0 Å². The van der Waals surface area contributed by atoms with Crippen molar-refractivity contribution in [1.29, 1.82) is 0 Å². The van der Waals surface area contributed by atoms with Crippen LogP contribution in [0.4, 0.5) is 0 Å². The SMILES string of the molecule is CCC1(CC)CCN(CCC(N)c2cc(C)cc(C)c2)C1. The van der Waals surface area contributed by atoms with Gasteiger partial charge < -0.3 is 10.6 Å². The van der Waals surface area contributed by atoms with Gasteiger partial charge in [-0.3, -0.25) is 0 Å². The number of hydrogen-bond acceptors (Lipinski definition) is 2. The van der Waals surface area contributed by atoms with Crippen LogP contribution in [-0.2, 0) is 0 Å². The second-order valence-corrected chi connectivity index (χ2v) is 7.05. The molecular weight excluding hydrogens is 256 g/mol. The van der Waals surface area contributed by atoms with Gasteiger partial charge in [-0.1, -0.05) is 43.2 Å². The molecule has 1 saturated heterocycles. The quantitative estimate of drug-likeness (QED) is 0.850. The molecule has 1 aliphatic heterocycles. The van der Waals surface area contributed by atoms with Crippen LogP contribution in [0.3, 0.4) is 0 Å². The van der Waals surface area contributed by atoms with E-state index in [1.54, 1.807) is 0 Å². The average Bonchev–Trinajstić information content (AvgIpc) is 2.88. The summed E-state index contributed by atoms with van der Waals surface area (Å²) in [5, 5.41) is 0. The van der Waals surface area contributed by atoms with Gasteiger partial charge in [0.2, 0.25) is 0 Å². The first kappa shape index (κ1) is 16.5. The van der Waals surface area contributed by atoms with Crippen LogP contribution < -0.4 is 5.73 Å². The molecular formula is C19H32N2. The van der Waals surface area contributed by atoms with Gasteiger partial charge in [0.15, 0.2) is 0 Å². The Kier molecular flexibility index (Phi) is 5.45. The third-order valence-corrected chi connectivity index (χ3v) is 5.45. The summed E-state index contributed by atoms with van der Waals surface area (Å²) in [5.74, 6) is 0. The summed E-state index contributed by atoms with van der Waals surface area (Å²) < 4.78 is 0. The molecule has 2 heteroatoms. The Bertz CT molecular complexity index is 442. The Morgan fingerprint density at radius 1 is 1.14 bits per heavy atom. The molecule has 1 fully saturated rings. The molecule has 1 heterocycles. The van der Waals surface area contributed by atoms with Gasteiger partial charge in [-0.2, -0.15) is 0 Å². The molecule has 0 aliphatic carbocycles. The largest absolute Gasteiger partial charge is 0.324 e. The van der Waals surface area contributed by atoms with E-state index in [9.17, 15) is 0 Å². The lowest BCUT2D eigenvalue weighted by molar-refractivity contribution is 0.236. The Morgan fingerprint density at radius 3 is 2.29 bits per heavy atom. The highest BCUT2D eigenvalue weighted by molar-refractivity contribution is 5.30. The summed E-state index contributed by atoms with van der Waals surface area (Å²) in [6.07, 6.45) is 5.04. The van der Waals surface area contributed by atoms with E-state index in [2.05, 4.69) is 50.8 Å². The third-order valence-electron chi connectivity index (χ3n) is 5.45. The van der Waals surface area contributed by atoms with Crippen LogP contribution in [0.2, 0.25) is 0 Å². The summed E-state index contributed by atoms with van der Waals surface area (Å²) in [7, 11) is 0. The number of rotatable bonds is 6. The lowest BCUT2D eigenvalue weighted by Gasteiger charge is -2.27. The van der Waals surface area contributed by atoms with E-state index in [1.165, 1.54) is 49.0 Å². The van der Waals surface area contributed by atoms with Crippen molar-refractivity contribution >= 4 is 0 Å². The molecule has 118 valence electrons. The fraction of sp³-hybridized carbons (Fsp3) is 0.684. The number of hydrogen-bond donors (Lipinski definition) is 1. The van der Waals surface area contributed by atoms with E-state index in [-0.39, 0.29) is 6.04 Å². The van der Waals surface area contributed by atoms with Crippen molar-refractivity contribution in [3.63, 3.8) is 0 Å². The average molecular weight is 288 g/mol. The Morgan fingerprint density at radius 2 is 1.76 bits per heavy atom. The maximum atomic E-state index is 6.42. The fourth-order valence-electron chi connectivity index (χ4n) is 3.76. The van der Waals surface area contributed by atoms with Crippen LogP contribution in [0.15, 0.2) is 18.2 Å². The molecule has 0 saturated carbocycles. The molecule has 0 aromatic heterocycles. The standard InChI is InChI=1S/C19H32N2/c1-5-19(6-2)8-10-21(14-19)9-7-18(20)17-12-15(3)11-16(4)13-17/h11-13,18H,5-10,14,20H2,1-4H3. The van der Waals surface area contributed by atoms with Gasteiger partial charge in [-0.05, 0) is 63.6 Å². The number of nitrogens with zero attached hydrogens (tertiary/aromatic N) is 1. The fourth-order valence-corrected chi connectivity index (χ4v) is 3.76. The maximum Gasteiger partial charge on any atom is 0.0307 e. The van der Waals surface area contributed by atoms with Crippen LogP contribution in [-0.4, -0.2) is 24.5 Å². The number of aryl methyl sites for hydroxylation is 2. The lowest BCUT2D eigenvalue weighted by Crippen LogP contribution is -2.29. The van der Waals surface area contributed by atoms with Crippen LogP contribution in [0.5, 0.6) is 0 Å². The number of nitrogens with two attached hydrogens (primary N) is 1. The van der Waals surface area contributed by atoms with Crippen LogP contribution >= 0.6 is 0 Å². The molecule has 1 unspecified atom stereocenters. The summed E-state index contributed by atoms with van der Waals surface area (Å²) in [4.78, 5) is 2.62. The third kappa shape index (κ3) is 4.08. The zero-order valence-corrected chi connectivity index (χ0v) is 14.3. The van der Waals surface area contributed by atoms with Crippen molar-refractivity contribution < 1.29 is 0 Å². The van der Waals surface area contributed by atoms with E-state index >= 15 is 0 Å². The first-order chi connectivity index (χ1) is 9.98. The van der Waals surface area contributed by atoms with E-state index in [1.807, 2.05) is 0 Å². The number of likely N-dealkylation sites (tertiary alicyclic amines) is 1. The predicted octanol–water partition coefficient (Wildman–Crippen LogP) is 4.21. The monoisotopic (exact) mass is 288 g/mol. The summed E-state index contributed by atoms with van der Waals surface area (Å²) in [6, 6.07) is 6.86. The minimum absolute atomic E-state index is 0.168. The van der Waals surface area contributed by atoms with E-state index in [0.29, 0.717) is 5.41 Å². The Labute approximate surface area is 130 Å². The molecule has 0 amide bonds. The minimum Gasteiger partial charge on any atom is -0.324 e. The van der Waals surface area contributed by atoms with Gasteiger partial charge >= 0.3 is 0 Å². The molecule has 1 aromatic rings. The Balaban J connectivity index is 1.89. The topological polar surface area (TPSA) is 29.3 Å². The zero-order chi connectivity index (χ0) is 15.5. The molecule has 2 N–H and O–H groups in total. The molecule has 2 nitrogen and oxygen atoms in total.